The third kappa shape index (κ3) is 3.63. The average molecular weight is 295 g/mol. The first-order chi connectivity index (χ1) is 9.60. The van der Waals surface area contributed by atoms with Gasteiger partial charge in [-0.05, 0) is 43.0 Å². The lowest BCUT2D eigenvalue weighted by Crippen LogP contribution is -2.48. The lowest BCUT2D eigenvalue weighted by atomic mass is 9.85. The van der Waals surface area contributed by atoms with Gasteiger partial charge in [0, 0.05) is 23.6 Å². The van der Waals surface area contributed by atoms with Crippen LogP contribution in [-0.2, 0) is 4.74 Å². The third-order valence-electron chi connectivity index (χ3n) is 4.71. The zero-order valence-electron chi connectivity index (χ0n) is 13.3. The van der Waals surface area contributed by atoms with Crippen LogP contribution in [0.3, 0.4) is 0 Å². The standard InChI is InChI=1S/C17H29NOS/c1-5-17(6-2)12-14(9-10-19-17)18-16(13(3)4)15-8-7-11-20-15/h7-8,11,13-14,16,18H,5-6,9-10,12H2,1-4H3. The summed E-state index contributed by atoms with van der Waals surface area (Å²) in [5, 5.41) is 6.09. The molecule has 1 aliphatic rings. The van der Waals surface area contributed by atoms with Crippen LogP contribution in [0, 0.1) is 5.92 Å². The Morgan fingerprint density at radius 2 is 2.15 bits per heavy atom. The van der Waals surface area contributed by atoms with Crippen molar-refractivity contribution in [2.75, 3.05) is 6.61 Å². The maximum absolute atomic E-state index is 6.09. The molecule has 1 aliphatic heterocycles. The molecule has 1 N–H and O–H groups in total. The number of hydrogen-bond donors (Lipinski definition) is 1. The Balaban J connectivity index is 2.04. The second-order valence-corrected chi connectivity index (χ2v) is 7.31. The Hall–Kier alpha value is -0.380. The summed E-state index contributed by atoms with van der Waals surface area (Å²) in [5.41, 5.74) is 0.104. The number of nitrogens with one attached hydrogen (secondary N) is 1. The molecule has 0 radical (unpaired) electrons. The minimum Gasteiger partial charge on any atom is -0.375 e. The highest BCUT2D eigenvalue weighted by Gasteiger charge is 2.35. The molecule has 0 amide bonds. The van der Waals surface area contributed by atoms with E-state index in [1.165, 1.54) is 4.88 Å². The summed E-state index contributed by atoms with van der Waals surface area (Å²) >= 11 is 1.87. The molecule has 0 bridgehead atoms. The van der Waals surface area contributed by atoms with Gasteiger partial charge in [0.1, 0.15) is 0 Å². The summed E-state index contributed by atoms with van der Waals surface area (Å²) < 4.78 is 6.09. The van der Waals surface area contributed by atoms with Crippen molar-refractivity contribution in [1.29, 1.82) is 0 Å². The molecule has 2 nitrogen and oxygen atoms in total. The fourth-order valence-electron chi connectivity index (χ4n) is 3.24. The lowest BCUT2D eigenvalue weighted by molar-refractivity contribution is -0.0946. The fraction of sp³-hybridized carbons (Fsp3) is 0.765. The van der Waals surface area contributed by atoms with E-state index in [4.69, 9.17) is 4.74 Å². The van der Waals surface area contributed by atoms with Gasteiger partial charge in [0.15, 0.2) is 0 Å². The summed E-state index contributed by atoms with van der Waals surface area (Å²) in [4.78, 5) is 1.46. The number of ether oxygens (including phenoxy) is 1. The molecule has 0 spiro atoms. The summed E-state index contributed by atoms with van der Waals surface area (Å²) in [7, 11) is 0. The lowest BCUT2D eigenvalue weighted by Gasteiger charge is -2.42. The van der Waals surface area contributed by atoms with Crippen molar-refractivity contribution in [3.63, 3.8) is 0 Å². The second-order valence-electron chi connectivity index (χ2n) is 6.33. The minimum absolute atomic E-state index is 0.104. The molecule has 3 heteroatoms. The summed E-state index contributed by atoms with van der Waals surface area (Å²) in [6.45, 7) is 10.0. The first-order valence-corrected chi connectivity index (χ1v) is 8.91. The number of hydrogen-bond acceptors (Lipinski definition) is 3. The predicted octanol–water partition coefficient (Wildman–Crippen LogP) is 4.77. The zero-order chi connectivity index (χ0) is 14.6. The molecule has 1 aromatic heterocycles. The SMILES string of the molecule is CCC1(CC)CC(NC(c2cccs2)C(C)C)CCO1. The molecule has 0 aromatic carbocycles. The molecular weight excluding hydrogens is 266 g/mol. The van der Waals surface area contributed by atoms with Gasteiger partial charge >= 0.3 is 0 Å². The first kappa shape index (κ1) is 16.0. The molecule has 114 valence electrons. The largest absolute Gasteiger partial charge is 0.375 e. The Morgan fingerprint density at radius 1 is 1.40 bits per heavy atom. The molecular formula is C17H29NOS. The van der Waals surface area contributed by atoms with Crippen molar-refractivity contribution in [2.45, 2.75) is 71.1 Å². The highest BCUT2D eigenvalue weighted by molar-refractivity contribution is 7.10. The van der Waals surface area contributed by atoms with Crippen LogP contribution in [0.2, 0.25) is 0 Å². The van der Waals surface area contributed by atoms with Crippen LogP contribution in [0.1, 0.15) is 64.3 Å². The second kappa shape index (κ2) is 7.06. The summed E-state index contributed by atoms with van der Waals surface area (Å²) in [6, 6.07) is 5.47. The van der Waals surface area contributed by atoms with Gasteiger partial charge in [0.05, 0.1) is 5.60 Å². The van der Waals surface area contributed by atoms with E-state index in [2.05, 4.69) is 50.5 Å². The highest BCUT2D eigenvalue weighted by Crippen LogP contribution is 2.34. The van der Waals surface area contributed by atoms with Crippen molar-refractivity contribution in [2.24, 2.45) is 5.92 Å². The van der Waals surface area contributed by atoms with E-state index in [1.807, 2.05) is 11.3 Å². The maximum Gasteiger partial charge on any atom is 0.0692 e. The maximum atomic E-state index is 6.09. The topological polar surface area (TPSA) is 21.3 Å². The molecule has 2 atom stereocenters. The highest BCUT2D eigenvalue weighted by atomic mass is 32.1. The van der Waals surface area contributed by atoms with Crippen molar-refractivity contribution in [1.82, 2.24) is 5.32 Å². The van der Waals surface area contributed by atoms with Crippen LogP contribution in [0.25, 0.3) is 0 Å². The third-order valence-corrected chi connectivity index (χ3v) is 5.67. The van der Waals surface area contributed by atoms with Crippen LogP contribution in [0.5, 0.6) is 0 Å². The van der Waals surface area contributed by atoms with Gasteiger partial charge in [0.2, 0.25) is 0 Å². The van der Waals surface area contributed by atoms with Crippen LogP contribution < -0.4 is 5.32 Å². The van der Waals surface area contributed by atoms with E-state index >= 15 is 0 Å². The Bertz CT molecular complexity index is 384. The number of rotatable bonds is 6. The molecule has 0 saturated carbocycles. The molecule has 0 aliphatic carbocycles. The van der Waals surface area contributed by atoms with Crippen molar-refractivity contribution >= 4 is 11.3 Å². The van der Waals surface area contributed by atoms with E-state index in [9.17, 15) is 0 Å². The van der Waals surface area contributed by atoms with Crippen LogP contribution >= 0.6 is 11.3 Å². The van der Waals surface area contributed by atoms with Crippen LogP contribution in [0.4, 0.5) is 0 Å². The smallest absolute Gasteiger partial charge is 0.0692 e. The summed E-state index contributed by atoms with van der Waals surface area (Å²) in [5.74, 6) is 0.620. The van der Waals surface area contributed by atoms with Gasteiger partial charge in [-0.1, -0.05) is 33.8 Å². The molecule has 1 aromatic rings. The Labute approximate surface area is 127 Å². The predicted molar refractivity (Wildman–Crippen MR) is 87.3 cm³/mol. The molecule has 2 heterocycles. The van der Waals surface area contributed by atoms with Gasteiger partial charge in [-0.15, -0.1) is 11.3 Å². The monoisotopic (exact) mass is 295 g/mol. The molecule has 2 rings (SSSR count). The van der Waals surface area contributed by atoms with Gasteiger partial charge in [-0.2, -0.15) is 0 Å². The summed E-state index contributed by atoms with van der Waals surface area (Å²) in [6.07, 6.45) is 4.52. The van der Waals surface area contributed by atoms with Crippen LogP contribution in [-0.4, -0.2) is 18.2 Å². The van der Waals surface area contributed by atoms with Crippen molar-refractivity contribution in [3.05, 3.63) is 22.4 Å². The number of thiophene rings is 1. The van der Waals surface area contributed by atoms with Crippen molar-refractivity contribution in [3.8, 4) is 0 Å². The van der Waals surface area contributed by atoms with Crippen LogP contribution in [0.15, 0.2) is 17.5 Å². The Morgan fingerprint density at radius 3 is 2.70 bits per heavy atom. The van der Waals surface area contributed by atoms with Gasteiger partial charge in [0.25, 0.3) is 0 Å². The molecule has 1 fully saturated rings. The zero-order valence-corrected chi connectivity index (χ0v) is 14.1. The first-order valence-electron chi connectivity index (χ1n) is 8.03. The molecule has 1 saturated heterocycles. The minimum atomic E-state index is 0.104. The van der Waals surface area contributed by atoms with Gasteiger partial charge < -0.3 is 10.1 Å². The Kier molecular flexibility index (Phi) is 5.65. The molecule has 2 unspecified atom stereocenters. The fourth-order valence-corrected chi connectivity index (χ4v) is 4.20. The van der Waals surface area contributed by atoms with E-state index in [1.54, 1.807) is 0 Å². The van der Waals surface area contributed by atoms with Crippen molar-refractivity contribution < 1.29 is 4.74 Å². The average Bonchev–Trinajstić information content (AvgIpc) is 2.98. The van der Waals surface area contributed by atoms with E-state index in [0.29, 0.717) is 18.0 Å². The van der Waals surface area contributed by atoms with Gasteiger partial charge in [-0.3, -0.25) is 0 Å². The molecule has 20 heavy (non-hydrogen) atoms. The quantitative estimate of drug-likeness (QED) is 0.816. The van der Waals surface area contributed by atoms with E-state index < -0.39 is 0 Å². The normalized spacial score (nSPS) is 23.9. The van der Waals surface area contributed by atoms with E-state index in [-0.39, 0.29) is 5.60 Å². The van der Waals surface area contributed by atoms with E-state index in [0.717, 1.165) is 32.3 Å². The van der Waals surface area contributed by atoms with Gasteiger partial charge in [-0.25, -0.2) is 0 Å².